The average molecular weight is 350 g/mol. The molecule has 0 unspecified atom stereocenters. The number of thioether (sulfide) groups is 1. The molecule has 25 heavy (non-hydrogen) atoms. The zero-order valence-electron chi connectivity index (χ0n) is 14.3. The molecule has 1 aromatic heterocycles. The summed E-state index contributed by atoms with van der Waals surface area (Å²) >= 11 is 2.05. The molecule has 0 amide bonds. The lowest BCUT2D eigenvalue weighted by Crippen LogP contribution is -2.32. The summed E-state index contributed by atoms with van der Waals surface area (Å²) in [5.41, 5.74) is 3.98. The van der Waals surface area contributed by atoms with Gasteiger partial charge in [-0.3, -0.25) is 4.98 Å². The van der Waals surface area contributed by atoms with Crippen molar-refractivity contribution in [2.75, 3.05) is 29.5 Å². The number of aromatic nitrogens is 1. The Bertz CT molecular complexity index is 826. The zero-order valence-corrected chi connectivity index (χ0v) is 15.1. The molecule has 1 aliphatic rings. The van der Waals surface area contributed by atoms with Gasteiger partial charge in [-0.2, -0.15) is 11.8 Å². The van der Waals surface area contributed by atoms with E-state index in [-0.39, 0.29) is 0 Å². The summed E-state index contributed by atoms with van der Waals surface area (Å²) in [6.07, 6.45) is 3.77. The van der Waals surface area contributed by atoms with Gasteiger partial charge in [-0.1, -0.05) is 24.3 Å². The van der Waals surface area contributed by atoms with Gasteiger partial charge in [-0.25, -0.2) is 0 Å². The highest BCUT2D eigenvalue weighted by Crippen LogP contribution is 2.20. The third-order valence-corrected chi connectivity index (χ3v) is 5.62. The van der Waals surface area contributed by atoms with Crippen molar-refractivity contribution < 1.29 is 0 Å². The van der Waals surface area contributed by atoms with Gasteiger partial charge in [0.2, 0.25) is 0 Å². The number of benzene rings is 2. The molecule has 3 nitrogen and oxygen atoms in total. The van der Waals surface area contributed by atoms with E-state index in [1.807, 2.05) is 12.4 Å². The Morgan fingerprint density at radius 1 is 0.880 bits per heavy atom. The quantitative estimate of drug-likeness (QED) is 0.751. The van der Waals surface area contributed by atoms with Crippen LogP contribution in [0.4, 0.5) is 5.69 Å². The van der Waals surface area contributed by atoms with Crippen LogP contribution in [0.5, 0.6) is 0 Å². The minimum Gasteiger partial charge on any atom is -0.370 e. The Hall–Kier alpha value is -2.04. The number of nitrogens with one attached hydrogen (secondary N) is 1. The van der Waals surface area contributed by atoms with Crippen molar-refractivity contribution in [1.29, 1.82) is 0 Å². The van der Waals surface area contributed by atoms with Crippen LogP contribution < -0.4 is 10.2 Å². The molecule has 3 aromatic rings. The number of nitrogens with zero attached hydrogens (tertiary/aromatic N) is 2. The number of fused-ring (bicyclic) bond motifs is 1. The first-order valence-corrected chi connectivity index (χ1v) is 9.99. The summed E-state index contributed by atoms with van der Waals surface area (Å²) in [6, 6.07) is 17.6. The fourth-order valence-corrected chi connectivity index (χ4v) is 4.14. The van der Waals surface area contributed by atoms with Crippen LogP contribution in [-0.4, -0.2) is 29.6 Å². The maximum absolute atomic E-state index is 4.20. The lowest BCUT2D eigenvalue weighted by molar-refractivity contribution is 0.694. The van der Waals surface area contributed by atoms with Crippen molar-refractivity contribution in [1.82, 2.24) is 10.3 Å². The van der Waals surface area contributed by atoms with E-state index >= 15 is 0 Å². The van der Waals surface area contributed by atoms with Gasteiger partial charge in [-0.15, -0.1) is 0 Å². The largest absolute Gasteiger partial charge is 0.370 e. The minimum atomic E-state index is 0.871. The lowest BCUT2D eigenvalue weighted by Gasteiger charge is -2.28. The van der Waals surface area contributed by atoms with Crippen molar-refractivity contribution >= 4 is 28.2 Å². The molecule has 0 aliphatic carbocycles. The summed E-state index contributed by atoms with van der Waals surface area (Å²) in [4.78, 5) is 6.69. The fraction of sp³-hybridized carbons (Fsp3) is 0.286. The van der Waals surface area contributed by atoms with Gasteiger partial charge in [0.05, 0.1) is 0 Å². The van der Waals surface area contributed by atoms with E-state index in [4.69, 9.17) is 0 Å². The van der Waals surface area contributed by atoms with Gasteiger partial charge in [0.25, 0.3) is 0 Å². The van der Waals surface area contributed by atoms with Crippen molar-refractivity contribution in [3.8, 4) is 0 Å². The van der Waals surface area contributed by atoms with E-state index < -0.39 is 0 Å². The summed E-state index contributed by atoms with van der Waals surface area (Å²) in [7, 11) is 0. The molecule has 0 atom stereocenters. The lowest BCUT2D eigenvalue weighted by atomic mass is 10.1. The van der Waals surface area contributed by atoms with Crippen LogP contribution in [0.15, 0.2) is 60.9 Å². The second-order valence-electron chi connectivity index (χ2n) is 6.43. The number of hydrogen-bond donors (Lipinski definition) is 1. The molecule has 2 heterocycles. The van der Waals surface area contributed by atoms with Gasteiger partial charge in [-0.05, 0) is 40.8 Å². The molecule has 0 bridgehead atoms. The molecule has 1 fully saturated rings. The standard InChI is InChI=1S/C21H23N3S/c1-4-19-7-8-22-16-20(19)13-18(1)15-23-14-17-2-5-21(6-3-17)24-9-11-25-12-10-24/h1-8,13,16,23H,9-12,14-15H2. The second-order valence-corrected chi connectivity index (χ2v) is 7.65. The van der Waals surface area contributed by atoms with E-state index in [9.17, 15) is 0 Å². The normalized spacial score (nSPS) is 14.8. The van der Waals surface area contributed by atoms with Crippen LogP contribution in [0, 0.1) is 0 Å². The van der Waals surface area contributed by atoms with Crippen LogP contribution >= 0.6 is 11.8 Å². The smallest absolute Gasteiger partial charge is 0.0366 e. The number of anilines is 1. The average Bonchev–Trinajstić information content (AvgIpc) is 2.69. The van der Waals surface area contributed by atoms with E-state index in [0.29, 0.717) is 0 Å². The summed E-state index contributed by atoms with van der Waals surface area (Å²) in [6.45, 7) is 4.09. The first kappa shape index (κ1) is 16.4. The molecule has 4 heteroatoms. The Morgan fingerprint density at radius 3 is 2.48 bits per heavy atom. The van der Waals surface area contributed by atoms with Crippen molar-refractivity contribution in [2.45, 2.75) is 13.1 Å². The van der Waals surface area contributed by atoms with Gasteiger partial charge >= 0.3 is 0 Å². The van der Waals surface area contributed by atoms with E-state index in [1.54, 1.807) is 0 Å². The summed E-state index contributed by atoms with van der Waals surface area (Å²) in [5.74, 6) is 2.48. The monoisotopic (exact) mass is 349 g/mol. The molecule has 128 valence electrons. The van der Waals surface area contributed by atoms with E-state index in [2.05, 4.69) is 75.5 Å². The Balaban J connectivity index is 1.33. The van der Waals surface area contributed by atoms with Gasteiger partial charge in [0.1, 0.15) is 0 Å². The fourth-order valence-electron chi connectivity index (χ4n) is 3.24. The van der Waals surface area contributed by atoms with Gasteiger partial charge in [0.15, 0.2) is 0 Å². The number of rotatable bonds is 5. The third kappa shape index (κ3) is 4.14. The maximum Gasteiger partial charge on any atom is 0.0366 e. The first-order chi connectivity index (χ1) is 12.4. The minimum absolute atomic E-state index is 0.871. The van der Waals surface area contributed by atoms with E-state index in [0.717, 1.165) is 13.1 Å². The Kier molecular flexibility index (Phi) is 5.19. The highest BCUT2D eigenvalue weighted by molar-refractivity contribution is 7.99. The predicted molar refractivity (Wildman–Crippen MR) is 108 cm³/mol. The maximum atomic E-state index is 4.20. The highest BCUT2D eigenvalue weighted by atomic mass is 32.2. The molecular formula is C21H23N3S. The van der Waals surface area contributed by atoms with Crippen molar-refractivity contribution in [3.05, 3.63) is 72.1 Å². The molecule has 1 N–H and O–H groups in total. The highest BCUT2D eigenvalue weighted by Gasteiger charge is 2.10. The number of pyridine rings is 1. The van der Waals surface area contributed by atoms with Gasteiger partial charge in [0, 0.05) is 61.2 Å². The summed E-state index contributed by atoms with van der Waals surface area (Å²) in [5, 5.41) is 5.99. The zero-order chi connectivity index (χ0) is 16.9. The van der Waals surface area contributed by atoms with Crippen LogP contribution in [0.1, 0.15) is 11.1 Å². The molecule has 4 rings (SSSR count). The molecule has 0 radical (unpaired) electrons. The van der Waals surface area contributed by atoms with Crippen LogP contribution in [0.2, 0.25) is 0 Å². The van der Waals surface area contributed by atoms with Crippen molar-refractivity contribution in [3.63, 3.8) is 0 Å². The molecule has 0 saturated carbocycles. The molecular weight excluding hydrogens is 326 g/mol. The molecule has 1 saturated heterocycles. The van der Waals surface area contributed by atoms with Crippen LogP contribution in [0.3, 0.4) is 0 Å². The van der Waals surface area contributed by atoms with Gasteiger partial charge < -0.3 is 10.2 Å². The summed E-state index contributed by atoms with van der Waals surface area (Å²) < 4.78 is 0. The van der Waals surface area contributed by atoms with Crippen LogP contribution in [-0.2, 0) is 13.1 Å². The second kappa shape index (κ2) is 7.89. The van der Waals surface area contributed by atoms with E-state index in [1.165, 1.54) is 52.2 Å². The molecule has 0 spiro atoms. The SMILES string of the molecule is c1cc2ccc(CNCc3ccc(N4CCSCC4)cc3)cc2cn1. The molecule has 1 aliphatic heterocycles. The van der Waals surface area contributed by atoms with Crippen molar-refractivity contribution in [2.24, 2.45) is 0 Å². The Morgan fingerprint density at radius 2 is 1.64 bits per heavy atom. The van der Waals surface area contributed by atoms with Crippen LogP contribution in [0.25, 0.3) is 10.8 Å². The topological polar surface area (TPSA) is 28.2 Å². The molecule has 2 aromatic carbocycles. The third-order valence-electron chi connectivity index (χ3n) is 4.68. The Labute approximate surface area is 153 Å². The number of hydrogen-bond acceptors (Lipinski definition) is 4. The first-order valence-electron chi connectivity index (χ1n) is 8.83. The predicted octanol–water partition coefficient (Wildman–Crippen LogP) is 4.08.